The van der Waals surface area contributed by atoms with E-state index in [1.807, 2.05) is 0 Å². The molecule has 0 aliphatic rings. The predicted molar refractivity (Wildman–Crippen MR) is 42.0 cm³/mol. The molecular formula is C6H2F3NO4S. The summed E-state index contributed by atoms with van der Waals surface area (Å²) in [4.78, 5) is 7.46. The molecule has 0 spiro atoms. The Morgan fingerprint density at radius 3 is 2.27 bits per heavy atom. The normalized spacial score (nSPS) is 12.5. The van der Waals surface area contributed by atoms with E-state index >= 15 is 0 Å². The van der Waals surface area contributed by atoms with Gasteiger partial charge in [-0.3, -0.25) is 10.1 Å². The zero-order valence-corrected chi connectivity index (χ0v) is 7.56. The van der Waals surface area contributed by atoms with Crippen molar-refractivity contribution in [2.45, 2.75) is 4.90 Å². The van der Waals surface area contributed by atoms with Crippen molar-refractivity contribution in [3.05, 3.63) is 33.6 Å². The Morgan fingerprint density at radius 2 is 1.87 bits per heavy atom. The first-order valence-electron chi connectivity index (χ1n) is 3.29. The van der Waals surface area contributed by atoms with E-state index in [-0.39, 0.29) is 6.07 Å². The molecule has 15 heavy (non-hydrogen) atoms. The number of halogens is 3. The highest BCUT2D eigenvalue weighted by Gasteiger charge is 2.29. The lowest BCUT2D eigenvalue weighted by molar-refractivity contribution is -0.390. The van der Waals surface area contributed by atoms with Crippen LogP contribution in [0, 0.1) is 27.6 Å². The summed E-state index contributed by atoms with van der Waals surface area (Å²) >= 11 is -2.97. The molecule has 0 saturated heterocycles. The first kappa shape index (κ1) is 11.6. The third-order valence-electron chi connectivity index (χ3n) is 1.47. The lowest BCUT2D eigenvalue weighted by Crippen LogP contribution is -2.04. The van der Waals surface area contributed by atoms with Crippen molar-refractivity contribution >= 4 is 16.8 Å². The number of nitro groups is 1. The fraction of sp³-hybridized carbons (Fsp3) is 0. The van der Waals surface area contributed by atoms with Crippen LogP contribution in [0.5, 0.6) is 0 Å². The van der Waals surface area contributed by atoms with Crippen LogP contribution in [0.4, 0.5) is 18.9 Å². The molecule has 0 bridgehead atoms. The molecular weight excluding hydrogens is 239 g/mol. The largest absolute Gasteiger partial charge is 0.344 e. The minimum Gasteiger partial charge on any atom is -0.302 e. The molecule has 1 N–H and O–H groups in total. The number of hydrogen-bond acceptors (Lipinski definition) is 3. The summed E-state index contributed by atoms with van der Waals surface area (Å²) in [6, 6.07) is 0.0910. The Bertz CT molecular complexity index is 464. The van der Waals surface area contributed by atoms with Crippen LogP contribution in [-0.4, -0.2) is 13.7 Å². The van der Waals surface area contributed by atoms with Crippen molar-refractivity contribution in [2.24, 2.45) is 0 Å². The van der Waals surface area contributed by atoms with Crippen molar-refractivity contribution in [3.8, 4) is 0 Å². The van der Waals surface area contributed by atoms with Gasteiger partial charge < -0.3 is 4.55 Å². The van der Waals surface area contributed by atoms with E-state index in [2.05, 4.69) is 0 Å². The third kappa shape index (κ3) is 1.97. The monoisotopic (exact) mass is 241 g/mol. The number of hydrogen-bond donors (Lipinski definition) is 1. The van der Waals surface area contributed by atoms with Crippen LogP contribution < -0.4 is 0 Å². The van der Waals surface area contributed by atoms with Gasteiger partial charge in [0.1, 0.15) is 4.90 Å². The molecule has 0 fully saturated rings. The molecule has 1 atom stereocenters. The molecule has 0 amide bonds. The maximum Gasteiger partial charge on any atom is 0.344 e. The second-order valence-corrected chi connectivity index (χ2v) is 3.28. The second kappa shape index (κ2) is 3.95. The van der Waals surface area contributed by atoms with E-state index in [1.54, 1.807) is 0 Å². The molecule has 1 aromatic carbocycles. The summed E-state index contributed by atoms with van der Waals surface area (Å²) in [6.07, 6.45) is 0. The lowest BCUT2D eigenvalue weighted by atomic mass is 10.3. The lowest BCUT2D eigenvalue weighted by Gasteiger charge is -2.01. The summed E-state index contributed by atoms with van der Waals surface area (Å²) in [6.45, 7) is 0. The number of nitrogens with zero attached hydrogens (tertiary/aromatic N) is 1. The molecule has 1 aromatic rings. The predicted octanol–water partition coefficient (Wildman–Crippen LogP) is 1.59. The van der Waals surface area contributed by atoms with Crippen LogP contribution in [0.2, 0.25) is 0 Å². The molecule has 0 aliphatic carbocycles. The maximum absolute atomic E-state index is 13.0. The summed E-state index contributed by atoms with van der Waals surface area (Å²) in [5.74, 6) is -5.63. The van der Waals surface area contributed by atoms with Gasteiger partial charge in [0.15, 0.2) is 16.9 Å². The Labute approximate surface area is 83.0 Å². The van der Waals surface area contributed by atoms with E-state index in [0.717, 1.165) is 0 Å². The summed E-state index contributed by atoms with van der Waals surface area (Å²) < 4.78 is 57.2. The molecule has 82 valence electrons. The van der Waals surface area contributed by atoms with Crippen LogP contribution in [-0.2, 0) is 11.1 Å². The summed E-state index contributed by atoms with van der Waals surface area (Å²) in [5.41, 5.74) is -1.78. The molecule has 9 heteroatoms. The number of benzene rings is 1. The van der Waals surface area contributed by atoms with Gasteiger partial charge >= 0.3 is 5.69 Å². The van der Waals surface area contributed by atoms with Gasteiger partial charge in [-0.05, 0) is 6.07 Å². The van der Waals surface area contributed by atoms with Gasteiger partial charge in [-0.15, -0.1) is 0 Å². The standard InChI is InChI=1S/C6H2F3NO4S/c7-2-1-3(15(13)14)5(9)6(4(2)8)10(11)12/h1H,(H,13,14). The van der Waals surface area contributed by atoms with Gasteiger partial charge in [0, 0.05) is 0 Å². The minimum atomic E-state index is -2.97. The molecule has 1 rings (SSSR count). The topological polar surface area (TPSA) is 80.4 Å². The molecule has 0 saturated carbocycles. The maximum atomic E-state index is 13.0. The Morgan fingerprint density at radius 1 is 1.33 bits per heavy atom. The van der Waals surface area contributed by atoms with Gasteiger partial charge in [-0.1, -0.05) is 0 Å². The highest BCUT2D eigenvalue weighted by molar-refractivity contribution is 7.79. The highest BCUT2D eigenvalue weighted by atomic mass is 32.2. The van der Waals surface area contributed by atoms with E-state index in [9.17, 15) is 27.5 Å². The third-order valence-corrected chi connectivity index (χ3v) is 2.14. The van der Waals surface area contributed by atoms with E-state index < -0.39 is 44.0 Å². The quantitative estimate of drug-likeness (QED) is 0.369. The van der Waals surface area contributed by atoms with Crippen LogP contribution in [0.15, 0.2) is 11.0 Å². The molecule has 0 heterocycles. The molecule has 0 aliphatic heterocycles. The zero-order chi connectivity index (χ0) is 11.7. The van der Waals surface area contributed by atoms with Crippen LogP contribution in [0.1, 0.15) is 0 Å². The van der Waals surface area contributed by atoms with Gasteiger partial charge in [0.25, 0.3) is 0 Å². The SMILES string of the molecule is O=[N+]([O-])c1c(F)c(F)cc(S(=O)O)c1F. The Hall–Kier alpha value is -1.48. The molecule has 1 unspecified atom stereocenters. The van der Waals surface area contributed by atoms with Gasteiger partial charge in [0.2, 0.25) is 11.6 Å². The van der Waals surface area contributed by atoms with Crippen LogP contribution in [0.25, 0.3) is 0 Å². The van der Waals surface area contributed by atoms with Gasteiger partial charge in [0.05, 0.1) is 4.92 Å². The summed E-state index contributed by atoms with van der Waals surface area (Å²) in [5, 5.41) is 10.1. The molecule has 0 aromatic heterocycles. The van der Waals surface area contributed by atoms with Crippen molar-refractivity contribution in [1.82, 2.24) is 0 Å². The highest BCUT2D eigenvalue weighted by Crippen LogP contribution is 2.28. The molecule has 5 nitrogen and oxygen atoms in total. The van der Waals surface area contributed by atoms with Crippen molar-refractivity contribution in [3.63, 3.8) is 0 Å². The van der Waals surface area contributed by atoms with Crippen LogP contribution >= 0.6 is 0 Å². The Balaban J connectivity index is 3.63. The first-order valence-corrected chi connectivity index (χ1v) is 4.39. The fourth-order valence-electron chi connectivity index (χ4n) is 0.855. The average Bonchev–Trinajstić information content (AvgIpc) is 2.10. The minimum absolute atomic E-state index is 0.0910. The van der Waals surface area contributed by atoms with E-state index in [1.165, 1.54) is 0 Å². The van der Waals surface area contributed by atoms with Crippen molar-refractivity contribution in [1.29, 1.82) is 0 Å². The number of nitro benzene ring substituents is 1. The van der Waals surface area contributed by atoms with E-state index in [4.69, 9.17) is 4.55 Å². The van der Waals surface area contributed by atoms with Crippen molar-refractivity contribution in [2.75, 3.05) is 0 Å². The average molecular weight is 241 g/mol. The number of rotatable bonds is 2. The second-order valence-electron chi connectivity index (χ2n) is 2.34. The Kier molecular flexibility index (Phi) is 3.05. The van der Waals surface area contributed by atoms with Crippen molar-refractivity contribution < 1.29 is 26.9 Å². The molecule has 0 radical (unpaired) electrons. The van der Waals surface area contributed by atoms with Gasteiger partial charge in [-0.25, -0.2) is 8.60 Å². The van der Waals surface area contributed by atoms with Crippen LogP contribution in [0.3, 0.4) is 0 Å². The fourth-order valence-corrected chi connectivity index (χ4v) is 1.31. The summed E-state index contributed by atoms with van der Waals surface area (Å²) in [7, 11) is 0. The zero-order valence-electron chi connectivity index (χ0n) is 6.74. The smallest absolute Gasteiger partial charge is 0.302 e. The van der Waals surface area contributed by atoms with Gasteiger partial charge in [-0.2, -0.15) is 8.78 Å². The first-order chi connectivity index (χ1) is 6.86. The van der Waals surface area contributed by atoms with E-state index in [0.29, 0.717) is 0 Å².